The van der Waals surface area contributed by atoms with Crippen molar-refractivity contribution in [3.63, 3.8) is 0 Å². The molecule has 4 N–H and O–H groups in total. The topological polar surface area (TPSA) is 110 Å². The Morgan fingerprint density at radius 2 is 2.06 bits per heavy atom. The van der Waals surface area contributed by atoms with Crippen molar-refractivity contribution in [3.05, 3.63) is 6.33 Å². The van der Waals surface area contributed by atoms with Crippen molar-refractivity contribution in [3.8, 4) is 0 Å². The van der Waals surface area contributed by atoms with Crippen molar-refractivity contribution in [1.82, 2.24) is 19.9 Å². The predicted molar refractivity (Wildman–Crippen MR) is 65.5 cm³/mol. The van der Waals surface area contributed by atoms with Gasteiger partial charge in [-0.25, -0.2) is 4.98 Å². The molecule has 0 saturated carbocycles. The molecule has 8 nitrogen and oxygen atoms in total. The van der Waals surface area contributed by atoms with Crippen LogP contribution in [-0.2, 0) is 0 Å². The highest BCUT2D eigenvalue weighted by molar-refractivity contribution is 5.84. The van der Waals surface area contributed by atoms with Crippen LogP contribution in [0.15, 0.2) is 6.33 Å². The first kappa shape index (κ1) is 11.2. The van der Waals surface area contributed by atoms with Gasteiger partial charge in [0.15, 0.2) is 11.5 Å². The van der Waals surface area contributed by atoms with Crippen LogP contribution in [-0.4, -0.2) is 62.5 Å². The summed E-state index contributed by atoms with van der Waals surface area (Å²) in [6.07, 6.45) is 0.0394. The average molecular weight is 250 g/mol. The summed E-state index contributed by atoms with van der Waals surface area (Å²) in [6.45, 7) is 0.685. The first-order valence-electron chi connectivity index (χ1n) is 5.69. The third kappa shape index (κ3) is 1.66. The van der Waals surface area contributed by atoms with Crippen LogP contribution in [0.2, 0.25) is 0 Å². The fourth-order valence-electron chi connectivity index (χ4n) is 2.10. The quantitative estimate of drug-likeness (QED) is 0.537. The lowest BCUT2D eigenvalue weighted by atomic mass is 10.3. The van der Waals surface area contributed by atoms with E-state index in [2.05, 4.69) is 25.3 Å². The zero-order valence-corrected chi connectivity index (χ0v) is 9.83. The fraction of sp³-hybridized carbons (Fsp3) is 0.500. The van der Waals surface area contributed by atoms with Gasteiger partial charge in [0, 0.05) is 20.1 Å². The molecular weight excluding hydrogens is 236 g/mol. The monoisotopic (exact) mass is 250 g/mol. The van der Waals surface area contributed by atoms with E-state index < -0.39 is 12.2 Å². The van der Waals surface area contributed by atoms with E-state index in [4.69, 9.17) is 0 Å². The van der Waals surface area contributed by atoms with Gasteiger partial charge in [-0.3, -0.25) is 0 Å². The molecule has 0 aromatic carbocycles. The van der Waals surface area contributed by atoms with E-state index in [1.807, 2.05) is 4.90 Å². The lowest BCUT2D eigenvalue weighted by molar-refractivity contribution is 0.0572. The molecule has 2 aromatic heterocycles. The minimum Gasteiger partial charge on any atom is -0.389 e. The van der Waals surface area contributed by atoms with E-state index in [9.17, 15) is 10.2 Å². The molecule has 3 rings (SSSR count). The number of aromatic amines is 1. The second kappa shape index (κ2) is 4.07. The summed E-state index contributed by atoms with van der Waals surface area (Å²) >= 11 is 0. The summed E-state index contributed by atoms with van der Waals surface area (Å²) in [4.78, 5) is 17.5. The van der Waals surface area contributed by atoms with E-state index >= 15 is 0 Å². The highest BCUT2D eigenvalue weighted by Crippen LogP contribution is 2.25. The summed E-state index contributed by atoms with van der Waals surface area (Å²) in [7, 11) is 1.73. The van der Waals surface area contributed by atoms with Crippen LogP contribution in [0.1, 0.15) is 0 Å². The minimum absolute atomic E-state index is 0.343. The molecule has 8 heteroatoms. The largest absolute Gasteiger partial charge is 0.389 e. The van der Waals surface area contributed by atoms with Gasteiger partial charge in [-0.2, -0.15) is 9.97 Å². The van der Waals surface area contributed by atoms with E-state index in [1.54, 1.807) is 13.4 Å². The van der Waals surface area contributed by atoms with Crippen molar-refractivity contribution in [1.29, 1.82) is 0 Å². The number of β-amino-alcohol motifs (C(OH)–C–C–N with tert-alkyl or cyclic N) is 2. The molecule has 2 aromatic rings. The molecule has 96 valence electrons. The molecule has 1 fully saturated rings. The van der Waals surface area contributed by atoms with E-state index in [0.29, 0.717) is 36.0 Å². The Morgan fingerprint density at radius 3 is 2.72 bits per heavy atom. The van der Waals surface area contributed by atoms with E-state index in [1.165, 1.54) is 0 Å². The second-order valence-corrected chi connectivity index (χ2v) is 4.26. The predicted octanol–water partition coefficient (Wildman–Crippen LogP) is -1.06. The van der Waals surface area contributed by atoms with Crippen molar-refractivity contribution < 1.29 is 10.2 Å². The number of anilines is 2. The lowest BCUT2D eigenvalue weighted by Crippen LogP contribution is -2.23. The van der Waals surface area contributed by atoms with Gasteiger partial charge in [-0.15, -0.1) is 0 Å². The number of rotatable bonds is 2. The smallest absolute Gasteiger partial charge is 0.226 e. The van der Waals surface area contributed by atoms with Crippen molar-refractivity contribution >= 4 is 22.9 Å². The molecule has 0 aliphatic carbocycles. The zero-order valence-electron chi connectivity index (χ0n) is 9.83. The second-order valence-electron chi connectivity index (χ2n) is 4.26. The molecule has 0 radical (unpaired) electrons. The van der Waals surface area contributed by atoms with E-state index in [0.717, 1.165) is 0 Å². The van der Waals surface area contributed by atoms with Gasteiger partial charge < -0.3 is 25.4 Å². The van der Waals surface area contributed by atoms with Gasteiger partial charge in [0.1, 0.15) is 5.52 Å². The number of imidazole rings is 1. The molecule has 18 heavy (non-hydrogen) atoms. The maximum Gasteiger partial charge on any atom is 0.226 e. The van der Waals surface area contributed by atoms with Crippen molar-refractivity contribution in [2.45, 2.75) is 12.2 Å². The number of fused-ring (bicyclic) bond motifs is 1. The maximum absolute atomic E-state index is 9.60. The number of aliphatic hydroxyl groups is 2. The van der Waals surface area contributed by atoms with Crippen LogP contribution < -0.4 is 10.2 Å². The molecule has 2 atom stereocenters. The Kier molecular flexibility index (Phi) is 2.53. The standard InChI is InChI=1S/C10H14N6O2/c1-11-10-14-8-7(12-4-13-8)9(15-10)16-2-5(17)6(18)3-16/h4-6,17-18H,2-3H2,1H3,(H2,11,12,13,14,15). The van der Waals surface area contributed by atoms with Gasteiger partial charge in [-0.05, 0) is 0 Å². The molecule has 3 heterocycles. The number of hydrogen-bond donors (Lipinski definition) is 4. The van der Waals surface area contributed by atoms with Gasteiger partial charge in [-0.1, -0.05) is 0 Å². The Morgan fingerprint density at radius 1 is 1.33 bits per heavy atom. The average Bonchev–Trinajstić information content (AvgIpc) is 2.95. The Bertz CT molecular complexity index is 560. The summed E-state index contributed by atoms with van der Waals surface area (Å²) in [5.74, 6) is 1.10. The molecule has 0 amide bonds. The highest BCUT2D eigenvalue weighted by atomic mass is 16.3. The fourth-order valence-corrected chi connectivity index (χ4v) is 2.10. The van der Waals surface area contributed by atoms with Gasteiger partial charge >= 0.3 is 0 Å². The van der Waals surface area contributed by atoms with Crippen molar-refractivity contribution in [2.75, 3.05) is 30.4 Å². The summed E-state index contributed by atoms with van der Waals surface area (Å²) in [6, 6.07) is 0. The summed E-state index contributed by atoms with van der Waals surface area (Å²) in [5.41, 5.74) is 1.26. The third-order valence-electron chi connectivity index (χ3n) is 3.05. The zero-order chi connectivity index (χ0) is 12.7. The highest BCUT2D eigenvalue weighted by Gasteiger charge is 2.32. The van der Waals surface area contributed by atoms with Gasteiger partial charge in [0.05, 0.1) is 18.5 Å². The first-order chi connectivity index (χ1) is 8.69. The first-order valence-corrected chi connectivity index (χ1v) is 5.69. The SMILES string of the molecule is CNc1nc(N2CC(O)C(O)C2)c2[nH]cnc2n1. The van der Waals surface area contributed by atoms with Crippen LogP contribution in [0, 0.1) is 0 Å². The van der Waals surface area contributed by atoms with Crippen LogP contribution in [0.4, 0.5) is 11.8 Å². The molecule has 0 bridgehead atoms. The van der Waals surface area contributed by atoms with Gasteiger partial charge in [0.2, 0.25) is 5.95 Å². The summed E-state index contributed by atoms with van der Waals surface area (Å²) < 4.78 is 0. The third-order valence-corrected chi connectivity index (χ3v) is 3.05. The number of H-pyrrole nitrogens is 1. The van der Waals surface area contributed by atoms with Crippen molar-refractivity contribution in [2.24, 2.45) is 0 Å². The van der Waals surface area contributed by atoms with Gasteiger partial charge in [0.25, 0.3) is 0 Å². The van der Waals surface area contributed by atoms with E-state index in [-0.39, 0.29) is 0 Å². The number of aliphatic hydroxyl groups excluding tert-OH is 2. The van der Waals surface area contributed by atoms with Crippen LogP contribution in [0.5, 0.6) is 0 Å². The Labute approximate surface area is 103 Å². The number of hydrogen-bond acceptors (Lipinski definition) is 7. The molecule has 1 saturated heterocycles. The Hall–Kier alpha value is -1.93. The molecule has 2 unspecified atom stereocenters. The Balaban J connectivity index is 2.07. The molecular formula is C10H14N6O2. The normalized spacial score (nSPS) is 23.8. The maximum atomic E-state index is 9.60. The molecule has 0 spiro atoms. The number of aromatic nitrogens is 4. The molecule has 1 aliphatic rings. The number of nitrogens with one attached hydrogen (secondary N) is 2. The minimum atomic E-state index is -0.754. The lowest BCUT2D eigenvalue weighted by Gasteiger charge is -2.17. The van der Waals surface area contributed by atoms with Crippen LogP contribution in [0.3, 0.4) is 0 Å². The number of nitrogens with zero attached hydrogens (tertiary/aromatic N) is 4. The summed E-state index contributed by atoms with van der Waals surface area (Å²) in [5, 5.41) is 22.1. The van der Waals surface area contributed by atoms with Crippen LogP contribution in [0.25, 0.3) is 11.2 Å². The molecule has 1 aliphatic heterocycles. The van der Waals surface area contributed by atoms with Crippen LogP contribution >= 0.6 is 0 Å².